The molecular weight excluding hydrogens is 190 g/mol. The van der Waals surface area contributed by atoms with Crippen LogP contribution in [0.5, 0.6) is 0 Å². The third kappa shape index (κ3) is 2.62. The van der Waals surface area contributed by atoms with Gasteiger partial charge in [-0.1, -0.05) is 6.92 Å². The summed E-state index contributed by atoms with van der Waals surface area (Å²) in [4.78, 5) is 13.8. The second-order valence-electron chi connectivity index (χ2n) is 4.69. The fraction of sp³-hybridized carbons (Fsp3) is 0.909. The van der Waals surface area contributed by atoms with Crippen molar-refractivity contribution in [2.75, 3.05) is 26.2 Å². The largest absolute Gasteiger partial charge is 0.338 e. The van der Waals surface area contributed by atoms with E-state index in [0.717, 1.165) is 32.6 Å². The summed E-state index contributed by atoms with van der Waals surface area (Å²) in [6.45, 7) is 5.76. The van der Waals surface area contributed by atoms with Gasteiger partial charge < -0.3 is 15.5 Å². The molecule has 0 aromatic carbocycles. The molecule has 3 aliphatic rings. The van der Waals surface area contributed by atoms with E-state index in [1.165, 1.54) is 12.8 Å². The molecule has 0 saturated carbocycles. The van der Waals surface area contributed by atoms with E-state index in [2.05, 4.69) is 17.6 Å². The minimum Gasteiger partial charge on any atom is -0.338 e. The number of nitrogens with one attached hydrogen (secondary N) is 2. The Morgan fingerprint density at radius 2 is 2.33 bits per heavy atom. The Kier molecular flexibility index (Phi) is 3.46. The molecule has 0 aromatic rings. The molecule has 3 aliphatic heterocycles. The zero-order valence-corrected chi connectivity index (χ0v) is 9.46. The summed E-state index contributed by atoms with van der Waals surface area (Å²) < 4.78 is 0. The zero-order valence-electron chi connectivity index (χ0n) is 9.46. The van der Waals surface area contributed by atoms with Crippen LogP contribution in [0.2, 0.25) is 0 Å². The van der Waals surface area contributed by atoms with Gasteiger partial charge >= 0.3 is 6.03 Å². The number of amides is 2. The predicted molar refractivity (Wildman–Crippen MR) is 59.8 cm³/mol. The van der Waals surface area contributed by atoms with Crippen molar-refractivity contribution in [1.82, 2.24) is 15.5 Å². The number of carbonyl (C=O) groups is 1. The minimum absolute atomic E-state index is 0.123. The van der Waals surface area contributed by atoms with Crippen molar-refractivity contribution < 1.29 is 4.79 Å². The summed E-state index contributed by atoms with van der Waals surface area (Å²) in [7, 11) is 0. The lowest BCUT2D eigenvalue weighted by atomic mass is 9.97. The molecule has 0 aromatic heterocycles. The Morgan fingerprint density at radius 1 is 1.47 bits per heavy atom. The van der Waals surface area contributed by atoms with Gasteiger partial charge in [0, 0.05) is 25.7 Å². The first-order valence-electron chi connectivity index (χ1n) is 6.05. The van der Waals surface area contributed by atoms with Crippen LogP contribution in [-0.2, 0) is 0 Å². The van der Waals surface area contributed by atoms with Crippen LogP contribution in [0.1, 0.15) is 26.2 Å². The summed E-state index contributed by atoms with van der Waals surface area (Å²) in [5, 5.41) is 6.46. The number of piperidine rings is 1. The number of nitrogens with zero attached hydrogens (tertiary/aromatic N) is 1. The SMILES string of the molecule is CCCNC(=O)N1CC2CCC(C1)NC2. The van der Waals surface area contributed by atoms with Crippen LogP contribution in [-0.4, -0.2) is 43.2 Å². The molecule has 2 amide bonds. The molecule has 86 valence electrons. The molecule has 0 radical (unpaired) electrons. The monoisotopic (exact) mass is 211 g/mol. The van der Waals surface area contributed by atoms with Crippen LogP contribution in [0.25, 0.3) is 0 Å². The van der Waals surface area contributed by atoms with Gasteiger partial charge in [-0.2, -0.15) is 0 Å². The highest BCUT2D eigenvalue weighted by Gasteiger charge is 2.30. The molecule has 3 saturated heterocycles. The van der Waals surface area contributed by atoms with Gasteiger partial charge in [0.25, 0.3) is 0 Å². The molecule has 2 unspecified atom stereocenters. The number of hydrogen-bond donors (Lipinski definition) is 2. The van der Waals surface area contributed by atoms with Crippen molar-refractivity contribution in [3.05, 3.63) is 0 Å². The molecule has 0 aliphatic carbocycles. The summed E-state index contributed by atoms with van der Waals surface area (Å²) >= 11 is 0. The van der Waals surface area contributed by atoms with Crippen LogP contribution in [0.15, 0.2) is 0 Å². The number of hydrogen-bond acceptors (Lipinski definition) is 2. The standard InChI is InChI=1S/C11H21N3O/c1-2-5-12-11(15)14-7-9-3-4-10(8-14)13-6-9/h9-10,13H,2-8H2,1H3,(H,12,15). The Hall–Kier alpha value is -0.770. The van der Waals surface area contributed by atoms with Crippen molar-refractivity contribution in [2.45, 2.75) is 32.2 Å². The van der Waals surface area contributed by atoms with Gasteiger partial charge in [-0.15, -0.1) is 0 Å². The first kappa shape index (κ1) is 10.7. The van der Waals surface area contributed by atoms with Gasteiger partial charge in [-0.25, -0.2) is 4.79 Å². The van der Waals surface area contributed by atoms with Crippen LogP contribution < -0.4 is 10.6 Å². The summed E-state index contributed by atoms with van der Waals surface area (Å²) in [5.74, 6) is 0.663. The van der Waals surface area contributed by atoms with Crippen molar-refractivity contribution in [3.8, 4) is 0 Å². The molecule has 0 spiro atoms. The van der Waals surface area contributed by atoms with Crippen LogP contribution in [0, 0.1) is 5.92 Å². The van der Waals surface area contributed by atoms with Crippen molar-refractivity contribution >= 4 is 6.03 Å². The van der Waals surface area contributed by atoms with E-state index in [9.17, 15) is 4.79 Å². The van der Waals surface area contributed by atoms with Gasteiger partial charge in [0.15, 0.2) is 0 Å². The molecule has 4 heteroatoms. The molecule has 3 fully saturated rings. The van der Waals surface area contributed by atoms with Crippen LogP contribution in [0.4, 0.5) is 4.79 Å². The van der Waals surface area contributed by atoms with E-state index < -0.39 is 0 Å². The summed E-state index contributed by atoms with van der Waals surface area (Å²) in [5.41, 5.74) is 0. The van der Waals surface area contributed by atoms with Gasteiger partial charge in [0.1, 0.15) is 0 Å². The minimum atomic E-state index is 0.123. The van der Waals surface area contributed by atoms with E-state index in [-0.39, 0.29) is 6.03 Å². The van der Waals surface area contributed by atoms with Gasteiger partial charge in [-0.3, -0.25) is 0 Å². The lowest BCUT2D eigenvalue weighted by molar-refractivity contribution is 0.195. The van der Waals surface area contributed by atoms with Crippen molar-refractivity contribution in [1.29, 1.82) is 0 Å². The Balaban J connectivity index is 1.89. The third-order valence-electron chi connectivity index (χ3n) is 3.35. The molecule has 3 rings (SSSR count). The molecule has 4 nitrogen and oxygen atoms in total. The average Bonchev–Trinajstić information content (AvgIpc) is 2.58. The maximum atomic E-state index is 11.8. The first-order valence-corrected chi connectivity index (χ1v) is 6.05. The molecule has 2 bridgehead atoms. The van der Waals surface area contributed by atoms with E-state index in [0.29, 0.717) is 12.0 Å². The van der Waals surface area contributed by atoms with E-state index in [1.807, 2.05) is 4.90 Å². The molecule has 3 heterocycles. The topological polar surface area (TPSA) is 44.4 Å². The predicted octanol–water partition coefficient (Wildman–Crippen LogP) is 0.790. The highest BCUT2D eigenvalue weighted by Crippen LogP contribution is 2.21. The quantitative estimate of drug-likeness (QED) is 0.709. The zero-order chi connectivity index (χ0) is 10.7. The number of urea groups is 1. The summed E-state index contributed by atoms with van der Waals surface area (Å²) in [6.07, 6.45) is 3.50. The first-order chi connectivity index (χ1) is 7.29. The molecule has 2 N–H and O–H groups in total. The average molecular weight is 211 g/mol. The lowest BCUT2D eigenvalue weighted by Crippen LogP contribution is -2.44. The van der Waals surface area contributed by atoms with Gasteiger partial charge in [-0.05, 0) is 31.7 Å². The Bertz CT molecular complexity index is 210. The van der Waals surface area contributed by atoms with Crippen molar-refractivity contribution in [2.24, 2.45) is 5.92 Å². The van der Waals surface area contributed by atoms with E-state index in [1.54, 1.807) is 0 Å². The smallest absolute Gasteiger partial charge is 0.317 e. The highest BCUT2D eigenvalue weighted by molar-refractivity contribution is 5.74. The third-order valence-corrected chi connectivity index (χ3v) is 3.35. The number of rotatable bonds is 2. The van der Waals surface area contributed by atoms with Gasteiger partial charge in [0.05, 0.1) is 0 Å². The normalized spacial score (nSPS) is 30.1. The fourth-order valence-corrected chi connectivity index (χ4v) is 2.45. The second-order valence-corrected chi connectivity index (χ2v) is 4.69. The van der Waals surface area contributed by atoms with Crippen LogP contribution >= 0.6 is 0 Å². The Labute approximate surface area is 91.4 Å². The Morgan fingerprint density at radius 3 is 3.00 bits per heavy atom. The maximum Gasteiger partial charge on any atom is 0.317 e. The lowest BCUT2D eigenvalue weighted by Gasteiger charge is -2.23. The van der Waals surface area contributed by atoms with Crippen LogP contribution in [0.3, 0.4) is 0 Å². The number of carbonyl (C=O) groups excluding carboxylic acids is 1. The molecule has 2 atom stereocenters. The highest BCUT2D eigenvalue weighted by atomic mass is 16.2. The second kappa shape index (κ2) is 4.84. The number of fused-ring (bicyclic) bond motifs is 4. The molecule has 15 heavy (non-hydrogen) atoms. The molecular formula is C11H21N3O. The van der Waals surface area contributed by atoms with E-state index in [4.69, 9.17) is 0 Å². The van der Waals surface area contributed by atoms with Gasteiger partial charge in [0.2, 0.25) is 0 Å². The summed E-state index contributed by atoms with van der Waals surface area (Å²) in [6, 6.07) is 0.647. The van der Waals surface area contributed by atoms with E-state index >= 15 is 0 Å². The van der Waals surface area contributed by atoms with Crippen molar-refractivity contribution in [3.63, 3.8) is 0 Å². The maximum absolute atomic E-state index is 11.8. The fourth-order valence-electron chi connectivity index (χ4n) is 2.45.